The Labute approximate surface area is 198 Å². The van der Waals surface area contributed by atoms with Crippen molar-refractivity contribution in [1.82, 2.24) is 15.3 Å². The smallest absolute Gasteiger partial charge is 0.308 e. The molecule has 3 rings (SSSR count). The maximum atomic E-state index is 13.0. The predicted molar refractivity (Wildman–Crippen MR) is 127 cm³/mol. The average molecular weight is 465 g/mol. The lowest BCUT2D eigenvalue weighted by Gasteiger charge is -2.19. The maximum absolute atomic E-state index is 13.0. The number of phenolic OH excluding ortho intramolecular Hbond substituents is 1. The summed E-state index contributed by atoms with van der Waals surface area (Å²) in [5, 5.41) is 16.2. The van der Waals surface area contributed by atoms with Crippen LogP contribution < -0.4 is 15.4 Å². The van der Waals surface area contributed by atoms with Crippen molar-refractivity contribution >= 4 is 17.8 Å². The highest BCUT2D eigenvalue weighted by Gasteiger charge is 2.22. The average Bonchev–Trinajstić information content (AvgIpc) is 2.85. The molecule has 9 heteroatoms. The Morgan fingerprint density at radius 3 is 2.56 bits per heavy atom. The SMILES string of the molecule is CCOC(=O)CC(NC(=O)c1cc(OCCCNc2ncccn2)ccc1O)c1ccccc1. The number of hydrogen-bond acceptors (Lipinski definition) is 8. The van der Waals surface area contributed by atoms with Crippen LogP contribution in [0.15, 0.2) is 67.0 Å². The summed E-state index contributed by atoms with van der Waals surface area (Å²) in [6, 6.07) is 14.7. The van der Waals surface area contributed by atoms with Crippen LogP contribution in [-0.2, 0) is 9.53 Å². The Hall–Kier alpha value is -4.14. The van der Waals surface area contributed by atoms with Gasteiger partial charge in [0.2, 0.25) is 5.95 Å². The summed E-state index contributed by atoms with van der Waals surface area (Å²) in [7, 11) is 0. The van der Waals surface area contributed by atoms with E-state index in [1.54, 1.807) is 31.5 Å². The lowest BCUT2D eigenvalue weighted by atomic mass is 10.0. The first-order chi connectivity index (χ1) is 16.6. The van der Waals surface area contributed by atoms with Gasteiger partial charge in [0.25, 0.3) is 5.91 Å². The van der Waals surface area contributed by atoms with E-state index in [-0.39, 0.29) is 24.3 Å². The summed E-state index contributed by atoms with van der Waals surface area (Å²) in [4.78, 5) is 33.2. The topological polar surface area (TPSA) is 123 Å². The van der Waals surface area contributed by atoms with Crippen molar-refractivity contribution in [3.8, 4) is 11.5 Å². The summed E-state index contributed by atoms with van der Waals surface area (Å²) in [6.45, 7) is 2.98. The highest BCUT2D eigenvalue weighted by Crippen LogP contribution is 2.25. The molecule has 0 aliphatic carbocycles. The number of nitrogens with zero attached hydrogens (tertiary/aromatic N) is 2. The molecule has 1 aromatic heterocycles. The standard InChI is InChI=1S/C25H28N4O5/c1-2-33-23(31)17-21(18-8-4-3-5-9-18)29-24(32)20-16-19(10-11-22(20)30)34-15-7-14-28-25-26-12-6-13-27-25/h3-6,8-13,16,21,30H,2,7,14-15,17H2,1H3,(H,29,32)(H,26,27,28). The first-order valence-corrected chi connectivity index (χ1v) is 11.0. The summed E-state index contributed by atoms with van der Waals surface area (Å²) in [5.74, 6) is -0.144. The van der Waals surface area contributed by atoms with E-state index in [1.165, 1.54) is 12.1 Å². The first kappa shape index (κ1) is 24.5. The number of rotatable bonds is 12. The summed E-state index contributed by atoms with van der Waals surface area (Å²) in [6.07, 6.45) is 3.96. The van der Waals surface area contributed by atoms with Gasteiger partial charge in [-0.1, -0.05) is 30.3 Å². The minimum absolute atomic E-state index is 0.0291. The summed E-state index contributed by atoms with van der Waals surface area (Å²) in [5.41, 5.74) is 0.809. The van der Waals surface area contributed by atoms with Crippen LogP contribution in [0.25, 0.3) is 0 Å². The molecule has 0 bridgehead atoms. The highest BCUT2D eigenvalue weighted by molar-refractivity contribution is 5.97. The third-order valence-electron chi connectivity index (χ3n) is 4.83. The van der Waals surface area contributed by atoms with Crippen LogP contribution in [0.1, 0.15) is 41.7 Å². The van der Waals surface area contributed by atoms with Gasteiger partial charge in [0.1, 0.15) is 11.5 Å². The van der Waals surface area contributed by atoms with Gasteiger partial charge < -0.3 is 25.2 Å². The number of hydrogen-bond donors (Lipinski definition) is 3. The monoisotopic (exact) mass is 464 g/mol. The molecular weight excluding hydrogens is 436 g/mol. The third kappa shape index (κ3) is 7.47. The number of anilines is 1. The fourth-order valence-corrected chi connectivity index (χ4v) is 3.20. The molecule has 1 atom stereocenters. The molecule has 1 heterocycles. The number of amides is 1. The van der Waals surface area contributed by atoms with Crippen molar-refractivity contribution in [2.24, 2.45) is 0 Å². The zero-order chi connectivity index (χ0) is 24.2. The van der Waals surface area contributed by atoms with E-state index in [0.29, 0.717) is 31.3 Å². The second-order valence-electron chi connectivity index (χ2n) is 7.33. The van der Waals surface area contributed by atoms with Gasteiger partial charge in [-0.25, -0.2) is 9.97 Å². The fourth-order valence-electron chi connectivity index (χ4n) is 3.20. The van der Waals surface area contributed by atoms with Crippen LogP contribution in [-0.4, -0.2) is 46.7 Å². The molecule has 178 valence electrons. The second kappa shape index (κ2) is 12.8. The van der Waals surface area contributed by atoms with Gasteiger partial charge in [-0.2, -0.15) is 0 Å². The largest absolute Gasteiger partial charge is 0.507 e. The van der Waals surface area contributed by atoms with Gasteiger partial charge in [0.05, 0.1) is 31.2 Å². The van der Waals surface area contributed by atoms with Gasteiger partial charge in [0, 0.05) is 18.9 Å². The minimum atomic E-state index is -0.608. The number of aromatic nitrogens is 2. The second-order valence-corrected chi connectivity index (χ2v) is 7.33. The molecule has 0 aliphatic rings. The Morgan fingerprint density at radius 2 is 1.82 bits per heavy atom. The van der Waals surface area contributed by atoms with E-state index in [9.17, 15) is 14.7 Å². The van der Waals surface area contributed by atoms with E-state index in [2.05, 4.69) is 20.6 Å². The van der Waals surface area contributed by atoms with Gasteiger partial charge >= 0.3 is 5.97 Å². The number of nitrogens with one attached hydrogen (secondary N) is 2. The Morgan fingerprint density at radius 1 is 1.06 bits per heavy atom. The van der Waals surface area contributed by atoms with Crippen molar-refractivity contribution in [2.75, 3.05) is 25.1 Å². The molecule has 0 fully saturated rings. The molecule has 3 N–H and O–H groups in total. The molecular formula is C25H28N4O5. The van der Waals surface area contributed by atoms with E-state index in [0.717, 1.165) is 5.56 Å². The van der Waals surface area contributed by atoms with E-state index in [1.807, 2.05) is 30.3 Å². The lowest BCUT2D eigenvalue weighted by molar-refractivity contribution is -0.143. The van der Waals surface area contributed by atoms with Crippen LogP contribution >= 0.6 is 0 Å². The van der Waals surface area contributed by atoms with Crippen molar-refractivity contribution in [3.05, 3.63) is 78.1 Å². The molecule has 2 aromatic carbocycles. The number of phenols is 1. The zero-order valence-corrected chi connectivity index (χ0v) is 18.9. The maximum Gasteiger partial charge on any atom is 0.308 e. The molecule has 0 saturated heterocycles. The van der Waals surface area contributed by atoms with Crippen molar-refractivity contribution in [2.45, 2.75) is 25.8 Å². The Bertz CT molecular complexity index is 1060. The number of benzene rings is 2. The highest BCUT2D eigenvalue weighted by atomic mass is 16.5. The predicted octanol–water partition coefficient (Wildman–Crippen LogP) is 3.49. The molecule has 0 spiro atoms. The van der Waals surface area contributed by atoms with E-state index < -0.39 is 17.9 Å². The lowest BCUT2D eigenvalue weighted by Crippen LogP contribution is -2.30. The quantitative estimate of drug-likeness (QED) is 0.275. The molecule has 0 saturated carbocycles. The van der Waals surface area contributed by atoms with E-state index >= 15 is 0 Å². The Kier molecular flexibility index (Phi) is 9.21. The molecule has 0 radical (unpaired) electrons. The molecule has 1 amide bonds. The van der Waals surface area contributed by atoms with Crippen molar-refractivity contribution in [1.29, 1.82) is 0 Å². The van der Waals surface area contributed by atoms with Crippen LogP contribution in [0.3, 0.4) is 0 Å². The van der Waals surface area contributed by atoms with Crippen LogP contribution in [0.2, 0.25) is 0 Å². The van der Waals surface area contributed by atoms with Gasteiger partial charge in [-0.3, -0.25) is 9.59 Å². The summed E-state index contributed by atoms with van der Waals surface area (Å²) < 4.78 is 10.8. The van der Waals surface area contributed by atoms with Crippen molar-refractivity contribution in [3.63, 3.8) is 0 Å². The number of ether oxygens (including phenoxy) is 2. The number of carbonyl (C=O) groups is 2. The van der Waals surface area contributed by atoms with Gasteiger partial charge in [0.15, 0.2) is 0 Å². The van der Waals surface area contributed by atoms with Crippen LogP contribution in [0.4, 0.5) is 5.95 Å². The number of esters is 1. The Balaban J connectivity index is 1.60. The van der Waals surface area contributed by atoms with Crippen molar-refractivity contribution < 1.29 is 24.2 Å². The van der Waals surface area contributed by atoms with Gasteiger partial charge in [-0.05, 0) is 43.2 Å². The number of carbonyl (C=O) groups excluding carboxylic acids is 2. The van der Waals surface area contributed by atoms with Crippen LogP contribution in [0.5, 0.6) is 11.5 Å². The third-order valence-corrected chi connectivity index (χ3v) is 4.83. The number of aromatic hydroxyl groups is 1. The zero-order valence-electron chi connectivity index (χ0n) is 18.9. The van der Waals surface area contributed by atoms with E-state index in [4.69, 9.17) is 9.47 Å². The van der Waals surface area contributed by atoms with Gasteiger partial charge in [-0.15, -0.1) is 0 Å². The molecule has 0 aliphatic heterocycles. The first-order valence-electron chi connectivity index (χ1n) is 11.0. The summed E-state index contributed by atoms with van der Waals surface area (Å²) >= 11 is 0. The fraction of sp³-hybridized carbons (Fsp3) is 0.280. The molecule has 34 heavy (non-hydrogen) atoms. The molecule has 1 unspecified atom stereocenters. The van der Waals surface area contributed by atoms with Crippen LogP contribution in [0, 0.1) is 0 Å². The molecule has 9 nitrogen and oxygen atoms in total. The molecule has 3 aromatic rings. The minimum Gasteiger partial charge on any atom is -0.507 e. The normalized spacial score (nSPS) is 11.3.